The fourth-order valence-corrected chi connectivity index (χ4v) is 5.45. The monoisotopic (exact) mass is 394 g/mol. The average Bonchev–Trinajstić information content (AvgIpc) is 3.40. The van der Waals surface area contributed by atoms with Crippen molar-refractivity contribution < 1.29 is 23.1 Å². The van der Waals surface area contributed by atoms with E-state index in [1.54, 1.807) is 30.9 Å². The molecule has 148 valence electrons. The van der Waals surface area contributed by atoms with Crippen LogP contribution in [-0.4, -0.2) is 60.8 Å². The van der Waals surface area contributed by atoms with Crippen LogP contribution in [0.1, 0.15) is 37.0 Å². The summed E-state index contributed by atoms with van der Waals surface area (Å²) in [6, 6.07) is 6.04. The number of hydrogen-bond acceptors (Lipinski definition) is 4. The van der Waals surface area contributed by atoms with Crippen LogP contribution in [0, 0.1) is 17.8 Å². The molecule has 0 radical (unpaired) electrons. The second kappa shape index (κ2) is 7.59. The summed E-state index contributed by atoms with van der Waals surface area (Å²) in [5.74, 6) is -1.32. The van der Waals surface area contributed by atoms with Crippen LogP contribution in [0.15, 0.2) is 29.2 Å². The Morgan fingerprint density at radius 2 is 1.85 bits per heavy atom. The van der Waals surface area contributed by atoms with E-state index in [-0.39, 0.29) is 28.8 Å². The van der Waals surface area contributed by atoms with E-state index < -0.39 is 21.9 Å². The van der Waals surface area contributed by atoms with Crippen LogP contribution in [-0.2, 0) is 14.8 Å². The molecular weight excluding hydrogens is 368 g/mol. The number of nitrogens with zero attached hydrogens (tertiary/aromatic N) is 2. The molecule has 1 amide bonds. The van der Waals surface area contributed by atoms with E-state index in [9.17, 15) is 23.1 Å². The molecule has 1 aliphatic carbocycles. The topological polar surface area (TPSA) is 95.0 Å². The van der Waals surface area contributed by atoms with Crippen molar-refractivity contribution in [3.63, 3.8) is 0 Å². The van der Waals surface area contributed by atoms with Gasteiger partial charge in [0.25, 0.3) is 5.91 Å². The lowest BCUT2D eigenvalue weighted by Crippen LogP contribution is -2.32. The van der Waals surface area contributed by atoms with Crippen molar-refractivity contribution in [3.05, 3.63) is 29.8 Å². The standard InChI is InChI=1S/C19H26N2O5S/c1-3-21(4-2)27(25,26)15-7-5-6-14(10-15)18(22)20-11-16(13-8-9-13)17(12-20)19(23)24/h5-7,10,13,16-17H,3-4,8-9,11-12H2,1-2H3,(H,23,24)/t16-,17+/m1/s1. The first-order valence-corrected chi connectivity index (χ1v) is 10.9. The largest absolute Gasteiger partial charge is 0.481 e. The highest BCUT2D eigenvalue weighted by Crippen LogP contribution is 2.44. The normalized spacial score (nSPS) is 23.0. The van der Waals surface area contributed by atoms with E-state index >= 15 is 0 Å². The minimum Gasteiger partial charge on any atom is -0.481 e. The summed E-state index contributed by atoms with van der Waals surface area (Å²) in [5, 5.41) is 9.47. The molecule has 0 aromatic heterocycles. The van der Waals surface area contributed by atoms with Gasteiger partial charge in [0.1, 0.15) is 0 Å². The maximum absolute atomic E-state index is 12.9. The van der Waals surface area contributed by atoms with Gasteiger partial charge in [0, 0.05) is 31.7 Å². The molecule has 1 aliphatic heterocycles. The van der Waals surface area contributed by atoms with Crippen LogP contribution in [0.5, 0.6) is 0 Å². The van der Waals surface area contributed by atoms with Gasteiger partial charge in [-0.3, -0.25) is 9.59 Å². The Balaban J connectivity index is 1.83. The molecule has 1 saturated carbocycles. The number of carboxylic acid groups (broad SMARTS) is 1. The lowest BCUT2D eigenvalue weighted by Gasteiger charge is -2.20. The summed E-state index contributed by atoms with van der Waals surface area (Å²) in [6.07, 6.45) is 2.04. The van der Waals surface area contributed by atoms with Gasteiger partial charge in [-0.15, -0.1) is 0 Å². The van der Waals surface area contributed by atoms with E-state index in [4.69, 9.17) is 0 Å². The Bertz CT molecular complexity index is 830. The highest BCUT2D eigenvalue weighted by Gasteiger charge is 2.47. The molecule has 0 unspecified atom stereocenters. The fraction of sp³-hybridized carbons (Fsp3) is 0.579. The zero-order chi connectivity index (χ0) is 19.8. The Morgan fingerprint density at radius 1 is 1.19 bits per heavy atom. The van der Waals surface area contributed by atoms with Crippen LogP contribution in [0.4, 0.5) is 0 Å². The Kier molecular flexibility index (Phi) is 5.58. The molecule has 1 saturated heterocycles. The van der Waals surface area contributed by atoms with Crippen molar-refractivity contribution in [2.75, 3.05) is 26.2 Å². The Hall–Kier alpha value is -1.93. The molecule has 2 aliphatic rings. The quantitative estimate of drug-likeness (QED) is 0.762. The molecule has 1 heterocycles. The minimum absolute atomic E-state index is 0.00552. The van der Waals surface area contributed by atoms with Crippen molar-refractivity contribution in [2.45, 2.75) is 31.6 Å². The summed E-state index contributed by atoms with van der Waals surface area (Å²) in [4.78, 5) is 26.1. The van der Waals surface area contributed by atoms with Crippen LogP contribution in [0.3, 0.4) is 0 Å². The molecule has 7 nitrogen and oxygen atoms in total. The van der Waals surface area contributed by atoms with Gasteiger partial charge in [0.15, 0.2) is 0 Å². The molecule has 1 aromatic rings. The second-order valence-electron chi connectivity index (χ2n) is 7.27. The average molecular weight is 394 g/mol. The van der Waals surface area contributed by atoms with Crippen LogP contribution in [0.25, 0.3) is 0 Å². The molecule has 8 heteroatoms. The van der Waals surface area contributed by atoms with Crippen LogP contribution in [0.2, 0.25) is 0 Å². The first-order valence-electron chi connectivity index (χ1n) is 9.41. The van der Waals surface area contributed by atoms with Gasteiger partial charge in [-0.05, 0) is 42.9 Å². The fourth-order valence-electron chi connectivity index (χ4n) is 3.94. The highest BCUT2D eigenvalue weighted by atomic mass is 32.2. The molecule has 2 fully saturated rings. The number of rotatable bonds is 7. The zero-order valence-corrected chi connectivity index (χ0v) is 16.5. The summed E-state index contributed by atoms with van der Waals surface area (Å²) in [7, 11) is -3.65. The van der Waals surface area contributed by atoms with E-state index in [1.807, 2.05) is 0 Å². The van der Waals surface area contributed by atoms with Gasteiger partial charge < -0.3 is 10.0 Å². The minimum atomic E-state index is -3.65. The maximum Gasteiger partial charge on any atom is 0.308 e. The summed E-state index contributed by atoms with van der Waals surface area (Å²) < 4.78 is 26.8. The van der Waals surface area contributed by atoms with E-state index in [0.717, 1.165) is 12.8 Å². The summed E-state index contributed by atoms with van der Waals surface area (Å²) in [6.45, 7) is 4.85. The number of amides is 1. The number of aliphatic carboxylic acids is 1. The third-order valence-corrected chi connectivity index (χ3v) is 7.67. The summed E-state index contributed by atoms with van der Waals surface area (Å²) >= 11 is 0. The first-order chi connectivity index (χ1) is 12.8. The predicted molar refractivity (Wildman–Crippen MR) is 99.8 cm³/mol. The molecule has 27 heavy (non-hydrogen) atoms. The highest BCUT2D eigenvalue weighted by molar-refractivity contribution is 7.89. The van der Waals surface area contributed by atoms with Gasteiger partial charge in [-0.25, -0.2) is 8.42 Å². The van der Waals surface area contributed by atoms with Crippen molar-refractivity contribution in [1.82, 2.24) is 9.21 Å². The first kappa shape index (κ1) is 19.8. The van der Waals surface area contributed by atoms with Crippen LogP contribution < -0.4 is 0 Å². The molecule has 1 N–H and O–H groups in total. The van der Waals surface area contributed by atoms with Crippen molar-refractivity contribution >= 4 is 21.9 Å². The number of benzene rings is 1. The molecule has 0 bridgehead atoms. The molecule has 0 spiro atoms. The second-order valence-corrected chi connectivity index (χ2v) is 9.21. The predicted octanol–water partition coefficient (Wildman–Crippen LogP) is 1.90. The van der Waals surface area contributed by atoms with Crippen molar-refractivity contribution in [3.8, 4) is 0 Å². The SMILES string of the molecule is CCN(CC)S(=O)(=O)c1cccc(C(=O)N2C[C@H](C(=O)O)[C@@H](C3CC3)C2)c1. The molecule has 2 atom stereocenters. The Labute approximate surface area is 160 Å². The summed E-state index contributed by atoms with van der Waals surface area (Å²) in [5.41, 5.74) is 0.281. The van der Waals surface area contributed by atoms with Crippen LogP contribution >= 0.6 is 0 Å². The molecular formula is C19H26N2O5S. The van der Waals surface area contributed by atoms with Gasteiger partial charge in [-0.2, -0.15) is 4.31 Å². The number of hydrogen-bond donors (Lipinski definition) is 1. The molecule has 3 rings (SSSR count). The van der Waals surface area contributed by atoms with Gasteiger partial charge in [0.2, 0.25) is 10.0 Å². The lowest BCUT2D eigenvalue weighted by atomic mass is 9.92. The van der Waals surface area contributed by atoms with E-state index in [1.165, 1.54) is 16.4 Å². The lowest BCUT2D eigenvalue weighted by molar-refractivity contribution is -0.142. The van der Waals surface area contributed by atoms with Gasteiger partial charge in [-0.1, -0.05) is 19.9 Å². The van der Waals surface area contributed by atoms with E-state index in [0.29, 0.717) is 25.6 Å². The number of likely N-dealkylation sites (tertiary alicyclic amines) is 1. The molecule has 1 aromatic carbocycles. The van der Waals surface area contributed by atoms with Crippen molar-refractivity contribution in [1.29, 1.82) is 0 Å². The number of sulfonamides is 1. The smallest absolute Gasteiger partial charge is 0.308 e. The third-order valence-electron chi connectivity index (χ3n) is 5.62. The Morgan fingerprint density at radius 3 is 2.41 bits per heavy atom. The van der Waals surface area contributed by atoms with Gasteiger partial charge >= 0.3 is 5.97 Å². The maximum atomic E-state index is 12.9. The van der Waals surface area contributed by atoms with Crippen molar-refractivity contribution in [2.24, 2.45) is 17.8 Å². The number of carbonyl (C=O) groups is 2. The third kappa shape index (κ3) is 3.87. The zero-order valence-electron chi connectivity index (χ0n) is 15.7. The van der Waals surface area contributed by atoms with E-state index in [2.05, 4.69) is 0 Å². The number of carboxylic acids is 1. The number of carbonyl (C=O) groups excluding carboxylic acids is 1. The van der Waals surface area contributed by atoms with Gasteiger partial charge in [0.05, 0.1) is 10.8 Å².